The van der Waals surface area contributed by atoms with Gasteiger partial charge in [-0.1, -0.05) is 0 Å². The van der Waals surface area contributed by atoms with Crippen molar-refractivity contribution in [3.8, 4) is 0 Å². The highest BCUT2D eigenvalue weighted by molar-refractivity contribution is 5.85. The second-order valence-electron chi connectivity index (χ2n) is 4.22. The van der Waals surface area contributed by atoms with Crippen molar-refractivity contribution < 1.29 is 9.53 Å². The van der Waals surface area contributed by atoms with Gasteiger partial charge >= 0.3 is 5.97 Å². The van der Waals surface area contributed by atoms with Gasteiger partial charge in [0.05, 0.1) is 18.5 Å². The molecule has 0 aromatic carbocycles. The summed E-state index contributed by atoms with van der Waals surface area (Å²) in [6.45, 7) is 2.91. The van der Waals surface area contributed by atoms with Gasteiger partial charge in [-0.3, -0.25) is 4.79 Å². The van der Waals surface area contributed by atoms with Crippen LogP contribution in [-0.2, 0) is 16.6 Å². The highest BCUT2D eigenvalue weighted by Crippen LogP contribution is 2.18. The van der Waals surface area contributed by atoms with Crippen molar-refractivity contribution in [3.05, 3.63) is 18.6 Å². The largest absolute Gasteiger partial charge is 0.466 e. The molecule has 0 saturated carbocycles. The van der Waals surface area contributed by atoms with E-state index in [1.165, 1.54) is 0 Å². The third kappa shape index (κ3) is 3.21. The average molecular weight is 262 g/mol. The molecule has 0 atom stereocenters. The zero-order chi connectivity index (χ0) is 13.7. The van der Waals surface area contributed by atoms with Crippen molar-refractivity contribution in [2.75, 3.05) is 18.5 Å². The minimum Gasteiger partial charge on any atom is -0.466 e. The SMILES string of the molecule is CCOC(=O)CCCNc1nccc2c1ncn2C. The van der Waals surface area contributed by atoms with Gasteiger partial charge in [0.15, 0.2) is 5.82 Å². The molecule has 2 heterocycles. The number of hydrogen-bond acceptors (Lipinski definition) is 5. The Labute approximate surface area is 111 Å². The van der Waals surface area contributed by atoms with E-state index in [2.05, 4.69) is 15.3 Å². The standard InChI is InChI=1S/C13H18N4O2/c1-3-19-11(18)5-4-7-14-13-12-10(6-8-15-13)17(2)9-16-12/h6,8-9H,3-5,7H2,1-2H3,(H,14,15). The number of esters is 1. The number of rotatable bonds is 6. The molecule has 0 saturated heterocycles. The van der Waals surface area contributed by atoms with Gasteiger partial charge < -0.3 is 14.6 Å². The average Bonchev–Trinajstić information content (AvgIpc) is 2.78. The summed E-state index contributed by atoms with van der Waals surface area (Å²) in [6.07, 6.45) is 4.64. The lowest BCUT2D eigenvalue weighted by molar-refractivity contribution is -0.143. The fourth-order valence-electron chi connectivity index (χ4n) is 1.86. The molecular formula is C13H18N4O2. The molecule has 6 heteroatoms. The van der Waals surface area contributed by atoms with Crippen LogP contribution in [0.3, 0.4) is 0 Å². The first-order valence-electron chi connectivity index (χ1n) is 6.38. The van der Waals surface area contributed by atoms with Crippen LogP contribution in [0.5, 0.6) is 0 Å². The van der Waals surface area contributed by atoms with E-state index in [0.717, 1.165) is 16.9 Å². The van der Waals surface area contributed by atoms with Crippen LogP contribution in [0.2, 0.25) is 0 Å². The van der Waals surface area contributed by atoms with E-state index in [4.69, 9.17) is 4.74 Å². The third-order valence-corrected chi connectivity index (χ3v) is 2.80. The molecule has 0 aliphatic heterocycles. The van der Waals surface area contributed by atoms with Crippen LogP contribution >= 0.6 is 0 Å². The molecule has 2 rings (SSSR count). The summed E-state index contributed by atoms with van der Waals surface area (Å²) in [5.41, 5.74) is 1.88. The van der Waals surface area contributed by atoms with E-state index in [1.807, 2.05) is 24.6 Å². The summed E-state index contributed by atoms with van der Waals surface area (Å²) in [5, 5.41) is 3.20. The monoisotopic (exact) mass is 262 g/mol. The number of fused-ring (bicyclic) bond motifs is 1. The van der Waals surface area contributed by atoms with E-state index < -0.39 is 0 Å². The van der Waals surface area contributed by atoms with Crippen molar-refractivity contribution in [1.29, 1.82) is 0 Å². The number of hydrogen-bond donors (Lipinski definition) is 1. The lowest BCUT2D eigenvalue weighted by Crippen LogP contribution is -2.09. The smallest absolute Gasteiger partial charge is 0.305 e. The third-order valence-electron chi connectivity index (χ3n) is 2.80. The molecule has 0 spiro atoms. The highest BCUT2D eigenvalue weighted by Gasteiger charge is 2.06. The molecule has 0 aliphatic carbocycles. The van der Waals surface area contributed by atoms with Gasteiger partial charge in [-0.05, 0) is 19.4 Å². The number of carbonyl (C=O) groups excluding carboxylic acids is 1. The molecule has 6 nitrogen and oxygen atoms in total. The maximum absolute atomic E-state index is 11.2. The van der Waals surface area contributed by atoms with E-state index in [9.17, 15) is 4.79 Å². The Bertz CT molecular complexity index is 565. The van der Waals surface area contributed by atoms with Crippen molar-refractivity contribution in [1.82, 2.24) is 14.5 Å². The van der Waals surface area contributed by atoms with Crippen molar-refractivity contribution in [3.63, 3.8) is 0 Å². The van der Waals surface area contributed by atoms with E-state index in [1.54, 1.807) is 12.5 Å². The topological polar surface area (TPSA) is 69.0 Å². The Balaban J connectivity index is 1.90. The first-order valence-corrected chi connectivity index (χ1v) is 6.38. The summed E-state index contributed by atoms with van der Waals surface area (Å²) < 4.78 is 6.81. The molecule has 0 fully saturated rings. The highest BCUT2D eigenvalue weighted by atomic mass is 16.5. The van der Waals surface area contributed by atoms with E-state index in [0.29, 0.717) is 26.0 Å². The number of aromatic nitrogens is 3. The van der Waals surface area contributed by atoms with Crippen LogP contribution in [0.1, 0.15) is 19.8 Å². The molecule has 0 amide bonds. The zero-order valence-electron chi connectivity index (χ0n) is 11.2. The molecule has 0 aliphatic rings. The number of nitrogens with zero attached hydrogens (tertiary/aromatic N) is 3. The Kier molecular flexibility index (Phi) is 4.33. The van der Waals surface area contributed by atoms with Gasteiger partial charge in [0.25, 0.3) is 0 Å². The predicted octanol–water partition coefficient (Wildman–Crippen LogP) is 1.72. The maximum Gasteiger partial charge on any atom is 0.305 e. The summed E-state index contributed by atoms with van der Waals surface area (Å²) in [5.74, 6) is 0.593. The van der Waals surface area contributed by atoms with Gasteiger partial charge in [0, 0.05) is 26.2 Å². The Morgan fingerprint density at radius 1 is 1.47 bits per heavy atom. The number of ether oxygens (including phenoxy) is 1. The summed E-state index contributed by atoms with van der Waals surface area (Å²) >= 11 is 0. The molecule has 19 heavy (non-hydrogen) atoms. The molecule has 2 aromatic heterocycles. The number of nitrogens with one attached hydrogen (secondary N) is 1. The summed E-state index contributed by atoms with van der Waals surface area (Å²) in [6, 6.07) is 1.92. The van der Waals surface area contributed by atoms with Crippen LogP contribution in [0, 0.1) is 0 Å². The number of carbonyl (C=O) groups is 1. The second-order valence-corrected chi connectivity index (χ2v) is 4.22. The lowest BCUT2D eigenvalue weighted by atomic mass is 10.3. The molecule has 0 unspecified atom stereocenters. The van der Waals surface area contributed by atoms with Crippen LogP contribution in [0.4, 0.5) is 5.82 Å². The predicted molar refractivity (Wildman–Crippen MR) is 72.9 cm³/mol. The van der Waals surface area contributed by atoms with Crippen LogP contribution in [0.15, 0.2) is 18.6 Å². The van der Waals surface area contributed by atoms with Gasteiger partial charge in [0.1, 0.15) is 5.52 Å². The van der Waals surface area contributed by atoms with E-state index >= 15 is 0 Å². The first kappa shape index (κ1) is 13.3. The van der Waals surface area contributed by atoms with Gasteiger partial charge in [-0.15, -0.1) is 0 Å². The van der Waals surface area contributed by atoms with Crippen molar-refractivity contribution in [2.45, 2.75) is 19.8 Å². The quantitative estimate of drug-likeness (QED) is 0.634. The lowest BCUT2D eigenvalue weighted by Gasteiger charge is -2.06. The van der Waals surface area contributed by atoms with Crippen LogP contribution in [0.25, 0.3) is 11.0 Å². The van der Waals surface area contributed by atoms with Gasteiger partial charge in [-0.2, -0.15) is 0 Å². The normalized spacial score (nSPS) is 10.6. The van der Waals surface area contributed by atoms with Crippen molar-refractivity contribution >= 4 is 22.8 Å². The number of imidazole rings is 1. The molecule has 102 valence electrons. The summed E-state index contributed by atoms with van der Waals surface area (Å²) in [7, 11) is 1.94. The maximum atomic E-state index is 11.2. The molecule has 2 aromatic rings. The number of aryl methyl sites for hydroxylation is 1. The van der Waals surface area contributed by atoms with E-state index in [-0.39, 0.29) is 5.97 Å². The minimum absolute atomic E-state index is 0.159. The summed E-state index contributed by atoms with van der Waals surface area (Å²) in [4.78, 5) is 19.8. The van der Waals surface area contributed by atoms with Crippen LogP contribution in [-0.4, -0.2) is 33.7 Å². The van der Waals surface area contributed by atoms with Gasteiger partial charge in [-0.25, -0.2) is 9.97 Å². The fourth-order valence-corrected chi connectivity index (χ4v) is 1.86. The second kappa shape index (κ2) is 6.17. The first-order chi connectivity index (χ1) is 9.22. The Hall–Kier alpha value is -2.11. The molecule has 0 bridgehead atoms. The number of anilines is 1. The number of pyridine rings is 1. The molecular weight excluding hydrogens is 244 g/mol. The Morgan fingerprint density at radius 2 is 2.32 bits per heavy atom. The van der Waals surface area contributed by atoms with Crippen LogP contribution < -0.4 is 5.32 Å². The fraction of sp³-hybridized carbons (Fsp3) is 0.462. The van der Waals surface area contributed by atoms with Crippen molar-refractivity contribution in [2.24, 2.45) is 7.05 Å². The molecule has 0 radical (unpaired) electrons. The zero-order valence-corrected chi connectivity index (χ0v) is 11.2. The Morgan fingerprint density at radius 3 is 3.11 bits per heavy atom. The van der Waals surface area contributed by atoms with Gasteiger partial charge in [0.2, 0.25) is 0 Å². The minimum atomic E-state index is -0.159. The molecule has 1 N–H and O–H groups in total.